The lowest BCUT2D eigenvalue weighted by Gasteiger charge is -2.31. The van der Waals surface area contributed by atoms with Crippen molar-refractivity contribution < 1.29 is 22.7 Å². The number of sulfonamides is 1. The normalized spacial score (nSPS) is 17.4. The van der Waals surface area contributed by atoms with E-state index in [-0.39, 0.29) is 23.3 Å². The van der Waals surface area contributed by atoms with E-state index in [0.29, 0.717) is 31.7 Å². The van der Waals surface area contributed by atoms with Crippen molar-refractivity contribution in [2.75, 3.05) is 27.3 Å². The summed E-state index contributed by atoms with van der Waals surface area (Å²) in [5, 5.41) is 2.92. The summed E-state index contributed by atoms with van der Waals surface area (Å²) in [6, 6.07) is 12.3. The van der Waals surface area contributed by atoms with Crippen LogP contribution in [0.15, 0.2) is 47.4 Å². The fourth-order valence-electron chi connectivity index (χ4n) is 3.61. The van der Waals surface area contributed by atoms with Gasteiger partial charge in [0.1, 0.15) is 11.5 Å². The summed E-state index contributed by atoms with van der Waals surface area (Å²) in [7, 11) is -0.511. The van der Waals surface area contributed by atoms with Gasteiger partial charge in [-0.2, -0.15) is 4.31 Å². The molecule has 1 fully saturated rings. The van der Waals surface area contributed by atoms with Gasteiger partial charge in [-0.25, -0.2) is 8.42 Å². The first-order valence-corrected chi connectivity index (χ1v) is 11.3. The van der Waals surface area contributed by atoms with Crippen LogP contribution in [0.1, 0.15) is 24.0 Å². The van der Waals surface area contributed by atoms with Gasteiger partial charge in [-0.3, -0.25) is 4.79 Å². The second-order valence-corrected chi connectivity index (χ2v) is 9.34. The summed E-state index contributed by atoms with van der Waals surface area (Å²) in [4.78, 5) is 12.9. The zero-order valence-electron chi connectivity index (χ0n) is 17.6. The number of carbonyl (C=O) groups excluding carboxylic acids is 1. The summed E-state index contributed by atoms with van der Waals surface area (Å²) in [6.07, 6.45) is 1.32. The number of benzene rings is 2. The van der Waals surface area contributed by atoms with Crippen LogP contribution in [0, 0.1) is 12.8 Å². The van der Waals surface area contributed by atoms with E-state index in [9.17, 15) is 13.2 Å². The first-order valence-electron chi connectivity index (χ1n) is 9.90. The molecule has 0 spiro atoms. The van der Waals surface area contributed by atoms with Crippen LogP contribution in [-0.2, 0) is 21.4 Å². The van der Waals surface area contributed by atoms with Crippen molar-refractivity contribution in [1.29, 1.82) is 0 Å². The molecule has 1 N–H and O–H groups in total. The fourth-order valence-corrected chi connectivity index (χ4v) is 5.22. The monoisotopic (exact) mass is 432 g/mol. The highest BCUT2D eigenvalue weighted by molar-refractivity contribution is 7.89. The lowest BCUT2D eigenvalue weighted by atomic mass is 9.99. The average Bonchev–Trinajstić information content (AvgIpc) is 2.77. The molecule has 1 aliphatic heterocycles. The summed E-state index contributed by atoms with van der Waals surface area (Å²) in [5.74, 6) is 0.901. The highest BCUT2D eigenvalue weighted by atomic mass is 32.2. The molecule has 1 atom stereocenters. The first-order chi connectivity index (χ1) is 14.3. The van der Waals surface area contributed by atoms with Crippen molar-refractivity contribution in [3.05, 3.63) is 53.6 Å². The summed E-state index contributed by atoms with van der Waals surface area (Å²) < 4.78 is 37.9. The van der Waals surface area contributed by atoms with Gasteiger partial charge in [-0.15, -0.1) is 0 Å². The molecule has 8 heteroatoms. The number of carbonyl (C=O) groups is 1. The number of ether oxygens (including phenoxy) is 2. The largest absolute Gasteiger partial charge is 0.497 e. The Bertz CT molecular complexity index is 989. The number of aryl methyl sites for hydroxylation is 1. The van der Waals surface area contributed by atoms with Gasteiger partial charge >= 0.3 is 0 Å². The molecular formula is C22H28N2O5S. The zero-order valence-corrected chi connectivity index (χ0v) is 18.4. The van der Waals surface area contributed by atoms with Crippen LogP contribution < -0.4 is 14.8 Å². The second kappa shape index (κ2) is 9.49. The molecule has 30 heavy (non-hydrogen) atoms. The van der Waals surface area contributed by atoms with Gasteiger partial charge in [0.2, 0.25) is 15.9 Å². The van der Waals surface area contributed by atoms with Crippen LogP contribution in [0.5, 0.6) is 11.5 Å². The minimum atomic E-state index is -3.67. The Morgan fingerprint density at radius 1 is 1.13 bits per heavy atom. The molecule has 0 aliphatic carbocycles. The van der Waals surface area contributed by atoms with Gasteiger partial charge in [0.25, 0.3) is 0 Å². The smallest absolute Gasteiger partial charge is 0.243 e. The zero-order chi connectivity index (χ0) is 21.7. The molecule has 0 saturated carbocycles. The van der Waals surface area contributed by atoms with Crippen LogP contribution >= 0.6 is 0 Å². The van der Waals surface area contributed by atoms with Gasteiger partial charge in [0, 0.05) is 19.6 Å². The molecule has 3 rings (SSSR count). The Labute approximate surface area is 178 Å². The number of methoxy groups -OCH3 is 2. The van der Waals surface area contributed by atoms with Crippen molar-refractivity contribution in [2.45, 2.75) is 31.2 Å². The third-order valence-electron chi connectivity index (χ3n) is 5.38. The van der Waals surface area contributed by atoms with Gasteiger partial charge in [0.05, 0.1) is 25.0 Å². The van der Waals surface area contributed by atoms with Gasteiger partial charge in [-0.05, 0) is 61.2 Å². The van der Waals surface area contributed by atoms with Crippen molar-refractivity contribution in [3.63, 3.8) is 0 Å². The molecule has 1 amide bonds. The number of hydrogen-bond acceptors (Lipinski definition) is 5. The molecule has 0 aromatic heterocycles. The fraction of sp³-hybridized carbons (Fsp3) is 0.409. The number of nitrogens with zero attached hydrogens (tertiary/aromatic N) is 1. The van der Waals surface area contributed by atoms with E-state index < -0.39 is 10.0 Å². The molecule has 1 heterocycles. The number of amides is 1. The maximum Gasteiger partial charge on any atom is 0.243 e. The van der Waals surface area contributed by atoms with Crippen LogP contribution in [0.2, 0.25) is 0 Å². The Hall–Kier alpha value is -2.58. The van der Waals surface area contributed by atoms with Crippen LogP contribution in [-0.4, -0.2) is 45.9 Å². The predicted molar refractivity (Wildman–Crippen MR) is 114 cm³/mol. The molecule has 7 nitrogen and oxygen atoms in total. The highest BCUT2D eigenvalue weighted by Gasteiger charge is 2.33. The quantitative estimate of drug-likeness (QED) is 0.727. The minimum absolute atomic E-state index is 0.128. The lowest BCUT2D eigenvalue weighted by molar-refractivity contribution is -0.126. The van der Waals surface area contributed by atoms with E-state index in [2.05, 4.69) is 5.32 Å². The molecule has 1 aliphatic rings. The van der Waals surface area contributed by atoms with E-state index in [1.807, 2.05) is 31.2 Å². The molecule has 162 valence electrons. The standard InChI is InChI=1S/C22H28N2O5S/c1-16-13-20(10-11-21(16)29-3)30(26,27)24-12-4-5-18(15-24)22(25)23-14-17-6-8-19(28-2)9-7-17/h6-11,13,18H,4-5,12,14-15H2,1-3H3,(H,23,25)/t18-/m0/s1. The van der Waals surface area contributed by atoms with E-state index in [4.69, 9.17) is 9.47 Å². The van der Waals surface area contributed by atoms with E-state index in [0.717, 1.165) is 16.9 Å². The number of nitrogens with one attached hydrogen (secondary N) is 1. The van der Waals surface area contributed by atoms with Crippen molar-refractivity contribution in [1.82, 2.24) is 9.62 Å². The average molecular weight is 433 g/mol. The third kappa shape index (κ3) is 4.94. The number of piperidine rings is 1. The van der Waals surface area contributed by atoms with Crippen LogP contribution in [0.3, 0.4) is 0 Å². The van der Waals surface area contributed by atoms with Crippen molar-refractivity contribution >= 4 is 15.9 Å². The maximum absolute atomic E-state index is 13.1. The summed E-state index contributed by atoms with van der Waals surface area (Å²) in [6.45, 7) is 2.80. The second-order valence-electron chi connectivity index (χ2n) is 7.40. The first kappa shape index (κ1) is 22.1. The Balaban J connectivity index is 1.64. The summed E-state index contributed by atoms with van der Waals surface area (Å²) in [5.41, 5.74) is 1.71. The molecular weight excluding hydrogens is 404 g/mol. The van der Waals surface area contributed by atoms with E-state index in [1.165, 1.54) is 4.31 Å². The molecule has 0 radical (unpaired) electrons. The highest BCUT2D eigenvalue weighted by Crippen LogP contribution is 2.27. The minimum Gasteiger partial charge on any atom is -0.497 e. The molecule has 2 aromatic rings. The predicted octanol–water partition coefficient (Wildman–Crippen LogP) is 2.73. The number of rotatable bonds is 7. The molecule has 0 bridgehead atoms. The maximum atomic E-state index is 13.1. The number of hydrogen-bond donors (Lipinski definition) is 1. The Kier molecular flexibility index (Phi) is 6.99. The van der Waals surface area contributed by atoms with Gasteiger partial charge < -0.3 is 14.8 Å². The topological polar surface area (TPSA) is 84.9 Å². The SMILES string of the molecule is COc1ccc(CNC(=O)[C@H]2CCCN(S(=O)(=O)c3ccc(OC)c(C)c3)C2)cc1. The van der Waals surface area contributed by atoms with Crippen LogP contribution in [0.25, 0.3) is 0 Å². The Morgan fingerprint density at radius 3 is 2.50 bits per heavy atom. The molecule has 1 saturated heterocycles. The van der Waals surface area contributed by atoms with Crippen molar-refractivity contribution in [2.24, 2.45) is 5.92 Å². The van der Waals surface area contributed by atoms with E-state index >= 15 is 0 Å². The van der Waals surface area contributed by atoms with Crippen LogP contribution in [0.4, 0.5) is 0 Å². The summed E-state index contributed by atoms with van der Waals surface area (Å²) >= 11 is 0. The molecule has 2 aromatic carbocycles. The van der Waals surface area contributed by atoms with Gasteiger partial charge in [-0.1, -0.05) is 12.1 Å². The molecule has 0 unspecified atom stereocenters. The third-order valence-corrected chi connectivity index (χ3v) is 7.25. The lowest BCUT2D eigenvalue weighted by Crippen LogP contribution is -2.45. The van der Waals surface area contributed by atoms with Crippen molar-refractivity contribution in [3.8, 4) is 11.5 Å². The Morgan fingerprint density at radius 2 is 1.87 bits per heavy atom. The van der Waals surface area contributed by atoms with Gasteiger partial charge in [0.15, 0.2) is 0 Å². The van der Waals surface area contributed by atoms with E-state index in [1.54, 1.807) is 32.4 Å².